The average molecular weight is 278 g/mol. The largest absolute Gasteiger partial charge is 0.303 e. The number of hydrogen-bond acceptors (Lipinski definition) is 2. The van der Waals surface area contributed by atoms with Crippen molar-refractivity contribution in [1.29, 1.82) is 0 Å². The zero-order valence-corrected chi connectivity index (χ0v) is 12.6. The van der Waals surface area contributed by atoms with Gasteiger partial charge in [-0.3, -0.25) is 4.68 Å². The molecular formula is C15H20ClN3. The number of aryl methyl sites for hydroxylation is 1. The van der Waals surface area contributed by atoms with Crippen molar-refractivity contribution in [2.24, 2.45) is 7.05 Å². The highest BCUT2D eigenvalue weighted by molar-refractivity contribution is 6.31. The minimum Gasteiger partial charge on any atom is -0.303 e. The lowest BCUT2D eigenvalue weighted by Crippen LogP contribution is -2.23. The minimum atomic E-state index is 0.198. The van der Waals surface area contributed by atoms with Crippen LogP contribution in [0.3, 0.4) is 0 Å². The first-order chi connectivity index (χ1) is 9.00. The van der Waals surface area contributed by atoms with Crippen LogP contribution in [0.25, 0.3) is 0 Å². The highest BCUT2D eigenvalue weighted by Crippen LogP contribution is 2.25. The van der Waals surface area contributed by atoms with Crippen LogP contribution >= 0.6 is 11.6 Å². The second-order valence-corrected chi connectivity index (χ2v) is 5.35. The summed E-state index contributed by atoms with van der Waals surface area (Å²) < 4.78 is 1.90. The van der Waals surface area contributed by atoms with Crippen molar-refractivity contribution in [2.75, 3.05) is 0 Å². The average Bonchev–Trinajstić information content (AvgIpc) is 2.70. The van der Waals surface area contributed by atoms with Crippen LogP contribution < -0.4 is 5.32 Å². The molecule has 0 aliphatic heterocycles. The van der Waals surface area contributed by atoms with Crippen molar-refractivity contribution < 1.29 is 0 Å². The molecule has 1 heterocycles. The molecule has 0 aliphatic rings. The van der Waals surface area contributed by atoms with E-state index in [-0.39, 0.29) is 12.1 Å². The summed E-state index contributed by atoms with van der Waals surface area (Å²) in [6.07, 6.45) is 1.92. The number of nitrogens with one attached hydrogen (secondary N) is 1. The van der Waals surface area contributed by atoms with Crippen LogP contribution in [0.15, 0.2) is 30.5 Å². The highest BCUT2D eigenvalue weighted by atomic mass is 35.5. The Hall–Kier alpha value is -1.32. The molecule has 0 radical (unpaired) electrons. The zero-order chi connectivity index (χ0) is 14.0. The maximum Gasteiger partial charge on any atom is 0.0540 e. The molecule has 19 heavy (non-hydrogen) atoms. The molecule has 3 nitrogen and oxygen atoms in total. The lowest BCUT2D eigenvalue weighted by Gasteiger charge is -2.21. The molecule has 0 amide bonds. The fourth-order valence-electron chi connectivity index (χ4n) is 2.32. The first-order valence-corrected chi connectivity index (χ1v) is 6.87. The van der Waals surface area contributed by atoms with Gasteiger partial charge < -0.3 is 5.32 Å². The van der Waals surface area contributed by atoms with E-state index in [1.165, 1.54) is 11.3 Å². The van der Waals surface area contributed by atoms with Gasteiger partial charge in [0.1, 0.15) is 0 Å². The molecule has 1 aromatic carbocycles. The normalized spacial score (nSPS) is 14.4. The van der Waals surface area contributed by atoms with E-state index < -0.39 is 0 Å². The standard InChI is InChI=1S/C15H20ClN3/c1-10(13-7-5-6-8-15(13)16)18-11(2)14-9-17-19(4)12(14)3/h5-11,18H,1-4H3. The van der Waals surface area contributed by atoms with Crippen molar-refractivity contribution in [3.05, 3.63) is 52.3 Å². The number of aromatic nitrogens is 2. The molecule has 0 spiro atoms. The van der Waals surface area contributed by atoms with Gasteiger partial charge in [-0.25, -0.2) is 0 Å². The van der Waals surface area contributed by atoms with Crippen LogP contribution in [-0.4, -0.2) is 9.78 Å². The van der Waals surface area contributed by atoms with Gasteiger partial charge in [0.2, 0.25) is 0 Å². The maximum atomic E-state index is 6.23. The van der Waals surface area contributed by atoms with E-state index >= 15 is 0 Å². The third-order valence-electron chi connectivity index (χ3n) is 3.61. The first-order valence-electron chi connectivity index (χ1n) is 6.49. The zero-order valence-electron chi connectivity index (χ0n) is 11.8. The fourth-order valence-corrected chi connectivity index (χ4v) is 2.62. The molecular weight excluding hydrogens is 258 g/mol. The topological polar surface area (TPSA) is 29.9 Å². The van der Waals surface area contributed by atoms with E-state index in [1.807, 2.05) is 36.1 Å². The molecule has 0 aliphatic carbocycles. The molecule has 0 saturated heterocycles. The van der Waals surface area contributed by atoms with E-state index in [1.54, 1.807) is 0 Å². The molecule has 2 rings (SSSR count). The Balaban J connectivity index is 2.13. The molecule has 0 saturated carbocycles. The summed E-state index contributed by atoms with van der Waals surface area (Å²) in [7, 11) is 1.96. The van der Waals surface area contributed by atoms with Crippen molar-refractivity contribution in [3.63, 3.8) is 0 Å². The van der Waals surface area contributed by atoms with Gasteiger partial charge in [-0.2, -0.15) is 5.10 Å². The van der Waals surface area contributed by atoms with Gasteiger partial charge in [-0.1, -0.05) is 29.8 Å². The maximum absolute atomic E-state index is 6.23. The van der Waals surface area contributed by atoms with Gasteiger partial charge in [0, 0.05) is 35.4 Å². The van der Waals surface area contributed by atoms with E-state index in [9.17, 15) is 0 Å². The first kappa shape index (κ1) is 14.1. The van der Waals surface area contributed by atoms with Gasteiger partial charge in [-0.05, 0) is 32.4 Å². The van der Waals surface area contributed by atoms with Crippen molar-refractivity contribution in [1.82, 2.24) is 15.1 Å². The van der Waals surface area contributed by atoms with Crippen LogP contribution in [0.4, 0.5) is 0 Å². The Morgan fingerprint density at radius 1 is 1.16 bits per heavy atom. The lowest BCUT2D eigenvalue weighted by molar-refractivity contribution is 0.492. The number of benzene rings is 1. The van der Waals surface area contributed by atoms with E-state index in [4.69, 9.17) is 11.6 Å². The van der Waals surface area contributed by atoms with Crippen molar-refractivity contribution in [3.8, 4) is 0 Å². The predicted molar refractivity (Wildman–Crippen MR) is 79.4 cm³/mol. The number of nitrogens with zero attached hydrogens (tertiary/aromatic N) is 2. The summed E-state index contributed by atoms with van der Waals surface area (Å²) in [6, 6.07) is 8.38. The Bertz CT molecular complexity index is 562. The number of hydrogen-bond donors (Lipinski definition) is 1. The van der Waals surface area contributed by atoms with Gasteiger partial charge in [-0.15, -0.1) is 0 Å². The summed E-state index contributed by atoms with van der Waals surface area (Å²) >= 11 is 6.23. The number of rotatable bonds is 4. The van der Waals surface area contributed by atoms with Gasteiger partial charge in [0.25, 0.3) is 0 Å². The predicted octanol–water partition coefficient (Wildman–Crippen LogP) is 3.79. The van der Waals surface area contributed by atoms with Crippen LogP contribution in [0.2, 0.25) is 5.02 Å². The molecule has 0 fully saturated rings. The lowest BCUT2D eigenvalue weighted by atomic mass is 10.0. The van der Waals surface area contributed by atoms with E-state index in [2.05, 4.69) is 37.3 Å². The molecule has 1 aromatic heterocycles. The smallest absolute Gasteiger partial charge is 0.0540 e. The third kappa shape index (κ3) is 2.99. The summed E-state index contributed by atoms with van der Waals surface area (Å²) in [5.41, 5.74) is 3.53. The van der Waals surface area contributed by atoms with Crippen molar-refractivity contribution >= 4 is 11.6 Å². The molecule has 1 N–H and O–H groups in total. The third-order valence-corrected chi connectivity index (χ3v) is 3.96. The molecule has 4 heteroatoms. The molecule has 0 bridgehead atoms. The van der Waals surface area contributed by atoms with Crippen LogP contribution in [-0.2, 0) is 7.05 Å². The molecule has 2 atom stereocenters. The number of halogens is 1. The second kappa shape index (κ2) is 5.76. The van der Waals surface area contributed by atoms with E-state index in [0.29, 0.717) is 0 Å². The second-order valence-electron chi connectivity index (χ2n) is 4.94. The summed E-state index contributed by atoms with van der Waals surface area (Å²) in [4.78, 5) is 0. The molecule has 2 unspecified atom stereocenters. The summed E-state index contributed by atoms with van der Waals surface area (Å²) in [6.45, 7) is 6.36. The summed E-state index contributed by atoms with van der Waals surface area (Å²) in [5, 5.41) is 8.66. The monoisotopic (exact) mass is 277 g/mol. The van der Waals surface area contributed by atoms with Crippen LogP contribution in [0, 0.1) is 6.92 Å². The Labute approximate surface area is 119 Å². The van der Waals surface area contributed by atoms with Crippen molar-refractivity contribution in [2.45, 2.75) is 32.9 Å². The summed E-state index contributed by atoms with van der Waals surface area (Å²) in [5.74, 6) is 0. The van der Waals surface area contributed by atoms with Gasteiger partial charge in [0.05, 0.1) is 6.20 Å². The quantitative estimate of drug-likeness (QED) is 0.921. The minimum absolute atomic E-state index is 0.198. The van der Waals surface area contributed by atoms with Crippen LogP contribution in [0.1, 0.15) is 42.8 Å². The Kier molecular flexibility index (Phi) is 4.27. The SMILES string of the molecule is Cc1c(C(C)NC(C)c2ccccc2Cl)cnn1C. The Morgan fingerprint density at radius 3 is 2.37 bits per heavy atom. The molecule has 102 valence electrons. The Morgan fingerprint density at radius 2 is 1.79 bits per heavy atom. The molecule has 2 aromatic rings. The fraction of sp³-hybridized carbons (Fsp3) is 0.400. The van der Waals surface area contributed by atoms with Gasteiger partial charge >= 0.3 is 0 Å². The van der Waals surface area contributed by atoms with Gasteiger partial charge in [0.15, 0.2) is 0 Å². The van der Waals surface area contributed by atoms with Crippen LogP contribution in [0.5, 0.6) is 0 Å². The van der Waals surface area contributed by atoms with E-state index in [0.717, 1.165) is 10.6 Å². The highest BCUT2D eigenvalue weighted by Gasteiger charge is 2.16.